The molecule has 1 aliphatic heterocycles. The number of carbonyl (C=O) groups is 2. The Hall–Kier alpha value is -2.31. The van der Waals surface area contributed by atoms with E-state index in [1.165, 1.54) is 29.2 Å². The minimum Gasteiger partial charge on any atom is -0.369 e. The normalized spacial score (nSPS) is 19.1. The topological polar surface area (TPSA) is 63.4 Å². The third-order valence-electron chi connectivity index (χ3n) is 3.77. The Bertz CT molecular complexity index is 626. The molecule has 2 N–H and O–H groups in total. The molecule has 0 spiro atoms. The second-order valence-electron chi connectivity index (χ2n) is 5.48. The van der Waals surface area contributed by atoms with Crippen LogP contribution in [0.4, 0.5) is 13.2 Å². The Kier molecular flexibility index (Phi) is 5.08. The molecule has 0 aliphatic carbocycles. The molecule has 1 aliphatic rings. The fourth-order valence-electron chi connectivity index (χ4n) is 2.50. The average Bonchev–Trinajstić information content (AvgIpc) is 2.52. The van der Waals surface area contributed by atoms with Gasteiger partial charge in [-0.1, -0.05) is 12.1 Å². The van der Waals surface area contributed by atoms with Crippen LogP contribution >= 0.6 is 0 Å². The number of amides is 2. The first-order chi connectivity index (χ1) is 10.8. The minimum atomic E-state index is -4.42. The van der Waals surface area contributed by atoms with E-state index in [1.54, 1.807) is 0 Å². The Morgan fingerprint density at radius 1 is 1.30 bits per heavy atom. The maximum absolute atomic E-state index is 12.6. The highest BCUT2D eigenvalue weighted by molar-refractivity contribution is 5.92. The average molecular weight is 326 g/mol. The molecule has 7 heteroatoms. The van der Waals surface area contributed by atoms with Crippen molar-refractivity contribution in [1.82, 2.24) is 4.90 Å². The van der Waals surface area contributed by atoms with E-state index in [1.807, 2.05) is 0 Å². The van der Waals surface area contributed by atoms with Crippen molar-refractivity contribution in [2.45, 2.75) is 19.0 Å². The lowest BCUT2D eigenvalue weighted by Crippen LogP contribution is -2.43. The summed E-state index contributed by atoms with van der Waals surface area (Å²) in [6, 6.07) is 4.73. The zero-order chi connectivity index (χ0) is 17.0. The molecule has 2 amide bonds. The van der Waals surface area contributed by atoms with Gasteiger partial charge in [-0.25, -0.2) is 0 Å². The third kappa shape index (κ3) is 4.58. The lowest BCUT2D eigenvalue weighted by atomic mass is 9.97. The molecule has 0 saturated carbocycles. The van der Waals surface area contributed by atoms with Gasteiger partial charge in [0.25, 0.3) is 0 Å². The highest BCUT2D eigenvalue weighted by Crippen LogP contribution is 2.29. The van der Waals surface area contributed by atoms with Crippen molar-refractivity contribution >= 4 is 17.9 Å². The lowest BCUT2D eigenvalue weighted by Gasteiger charge is -2.30. The zero-order valence-corrected chi connectivity index (χ0v) is 12.3. The van der Waals surface area contributed by atoms with Crippen LogP contribution in [0.1, 0.15) is 24.0 Å². The molecule has 0 unspecified atom stereocenters. The SMILES string of the molecule is NC(=O)[C@H]1CCCN(C(=O)/C=C/c2cccc(C(F)(F)F)c2)C1. The summed E-state index contributed by atoms with van der Waals surface area (Å²) >= 11 is 0. The molecule has 1 saturated heterocycles. The molecule has 1 heterocycles. The molecule has 23 heavy (non-hydrogen) atoms. The van der Waals surface area contributed by atoms with Gasteiger partial charge in [-0.3, -0.25) is 9.59 Å². The summed E-state index contributed by atoms with van der Waals surface area (Å²) in [4.78, 5) is 24.8. The maximum atomic E-state index is 12.6. The number of halogens is 3. The van der Waals surface area contributed by atoms with E-state index in [2.05, 4.69) is 0 Å². The van der Waals surface area contributed by atoms with E-state index in [-0.39, 0.29) is 23.9 Å². The van der Waals surface area contributed by atoms with Crippen LogP contribution in [0, 0.1) is 5.92 Å². The number of hydrogen-bond acceptors (Lipinski definition) is 2. The Balaban J connectivity index is 2.05. The quantitative estimate of drug-likeness (QED) is 0.867. The van der Waals surface area contributed by atoms with Crippen molar-refractivity contribution in [2.75, 3.05) is 13.1 Å². The number of benzene rings is 1. The predicted octanol–water partition coefficient (Wildman–Crippen LogP) is 2.44. The smallest absolute Gasteiger partial charge is 0.369 e. The van der Waals surface area contributed by atoms with Gasteiger partial charge in [0.1, 0.15) is 0 Å². The van der Waals surface area contributed by atoms with Gasteiger partial charge in [0.05, 0.1) is 11.5 Å². The zero-order valence-electron chi connectivity index (χ0n) is 12.3. The van der Waals surface area contributed by atoms with E-state index in [0.29, 0.717) is 19.4 Å². The summed E-state index contributed by atoms with van der Waals surface area (Å²) in [6.45, 7) is 0.761. The van der Waals surface area contributed by atoms with Crippen molar-refractivity contribution in [3.05, 3.63) is 41.5 Å². The minimum absolute atomic E-state index is 0.251. The van der Waals surface area contributed by atoms with Gasteiger partial charge in [-0.05, 0) is 36.6 Å². The van der Waals surface area contributed by atoms with Crippen LogP contribution in [-0.2, 0) is 15.8 Å². The number of rotatable bonds is 3. The molecule has 124 valence electrons. The molecule has 2 rings (SSSR count). The summed E-state index contributed by atoms with van der Waals surface area (Å²) in [5, 5.41) is 0. The predicted molar refractivity (Wildman–Crippen MR) is 79.0 cm³/mol. The second kappa shape index (κ2) is 6.85. The summed E-state index contributed by atoms with van der Waals surface area (Å²) in [6.07, 6.45) is -0.535. The highest BCUT2D eigenvalue weighted by Gasteiger charge is 2.30. The van der Waals surface area contributed by atoms with Crippen LogP contribution in [0.3, 0.4) is 0 Å². The van der Waals surface area contributed by atoms with E-state index in [9.17, 15) is 22.8 Å². The lowest BCUT2D eigenvalue weighted by molar-refractivity contribution is -0.137. The fraction of sp³-hybridized carbons (Fsp3) is 0.375. The molecule has 1 aromatic rings. The molecule has 1 fully saturated rings. The summed E-state index contributed by atoms with van der Waals surface area (Å²) in [5.41, 5.74) is 4.77. The number of carbonyl (C=O) groups excluding carboxylic acids is 2. The standard InChI is InChI=1S/C16H17F3N2O2/c17-16(18,19)13-5-1-3-11(9-13)6-7-14(22)21-8-2-4-12(10-21)15(20)23/h1,3,5-7,9,12H,2,4,8,10H2,(H2,20,23)/b7-6+/t12-/m0/s1. The Labute approximate surface area is 131 Å². The Morgan fingerprint density at radius 3 is 2.70 bits per heavy atom. The van der Waals surface area contributed by atoms with Gasteiger partial charge in [0, 0.05) is 19.2 Å². The molecule has 0 bridgehead atoms. The number of likely N-dealkylation sites (tertiary alicyclic amines) is 1. The van der Waals surface area contributed by atoms with Gasteiger partial charge in [0.2, 0.25) is 11.8 Å². The van der Waals surface area contributed by atoms with Crippen LogP contribution < -0.4 is 5.73 Å². The Morgan fingerprint density at radius 2 is 2.04 bits per heavy atom. The fourth-order valence-corrected chi connectivity index (χ4v) is 2.50. The van der Waals surface area contributed by atoms with Gasteiger partial charge in [0.15, 0.2) is 0 Å². The number of nitrogens with two attached hydrogens (primary N) is 1. The first-order valence-electron chi connectivity index (χ1n) is 7.21. The van der Waals surface area contributed by atoms with Crippen molar-refractivity contribution in [1.29, 1.82) is 0 Å². The van der Waals surface area contributed by atoms with Crippen molar-refractivity contribution < 1.29 is 22.8 Å². The van der Waals surface area contributed by atoms with E-state index >= 15 is 0 Å². The molecule has 1 atom stereocenters. The van der Waals surface area contributed by atoms with Crippen LogP contribution in [0.2, 0.25) is 0 Å². The van der Waals surface area contributed by atoms with E-state index < -0.39 is 17.6 Å². The van der Waals surface area contributed by atoms with E-state index in [4.69, 9.17) is 5.73 Å². The highest BCUT2D eigenvalue weighted by atomic mass is 19.4. The number of alkyl halides is 3. The number of nitrogens with zero attached hydrogens (tertiary/aromatic N) is 1. The van der Waals surface area contributed by atoms with Crippen molar-refractivity contribution in [3.63, 3.8) is 0 Å². The van der Waals surface area contributed by atoms with Gasteiger partial charge in [-0.2, -0.15) is 13.2 Å². The number of primary amides is 1. The van der Waals surface area contributed by atoms with Gasteiger partial charge < -0.3 is 10.6 Å². The monoisotopic (exact) mass is 326 g/mol. The number of hydrogen-bond donors (Lipinski definition) is 1. The first-order valence-corrected chi connectivity index (χ1v) is 7.21. The summed E-state index contributed by atoms with van der Waals surface area (Å²) in [7, 11) is 0. The molecule has 4 nitrogen and oxygen atoms in total. The first kappa shape index (κ1) is 17.1. The molecular weight excluding hydrogens is 309 g/mol. The molecule has 0 radical (unpaired) electrons. The molecule has 1 aromatic carbocycles. The van der Waals surface area contributed by atoms with E-state index in [0.717, 1.165) is 12.1 Å². The summed E-state index contributed by atoms with van der Waals surface area (Å²) in [5.74, 6) is -1.15. The number of piperidine rings is 1. The maximum Gasteiger partial charge on any atom is 0.416 e. The summed E-state index contributed by atoms with van der Waals surface area (Å²) < 4.78 is 37.9. The molecule has 0 aromatic heterocycles. The third-order valence-corrected chi connectivity index (χ3v) is 3.77. The van der Waals surface area contributed by atoms with Crippen molar-refractivity contribution in [3.8, 4) is 0 Å². The van der Waals surface area contributed by atoms with Gasteiger partial charge in [-0.15, -0.1) is 0 Å². The second-order valence-corrected chi connectivity index (χ2v) is 5.48. The molecular formula is C16H17F3N2O2. The van der Waals surface area contributed by atoms with Crippen LogP contribution in [-0.4, -0.2) is 29.8 Å². The van der Waals surface area contributed by atoms with Crippen molar-refractivity contribution in [2.24, 2.45) is 11.7 Å². The van der Waals surface area contributed by atoms with Crippen LogP contribution in [0.5, 0.6) is 0 Å². The van der Waals surface area contributed by atoms with Crippen LogP contribution in [0.15, 0.2) is 30.3 Å². The largest absolute Gasteiger partial charge is 0.416 e. The van der Waals surface area contributed by atoms with Crippen LogP contribution in [0.25, 0.3) is 6.08 Å². The van der Waals surface area contributed by atoms with Gasteiger partial charge >= 0.3 is 6.18 Å².